The van der Waals surface area contributed by atoms with Crippen LogP contribution in [0.1, 0.15) is 28.9 Å². The van der Waals surface area contributed by atoms with E-state index in [1.54, 1.807) is 6.92 Å². The van der Waals surface area contributed by atoms with Gasteiger partial charge in [-0.25, -0.2) is 4.79 Å². The highest BCUT2D eigenvalue weighted by Gasteiger charge is 2.40. The summed E-state index contributed by atoms with van der Waals surface area (Å²) in [4.78, 5) is 26.2. The Balaban J connectivity index is 1.89. The quantitative estimate of drug-likeness (QED) is 0.700. The summed E-state index contributed by atoms with van der Waals surface area (Å²) in [6, 6.07) is 13.0. The molecule has 1 atom stereocenters. The van der Waals surface area contributed by atoms with Crippen LogP contribution in [0.15, 0.2) is 48.5 Å². The van der Waals surface area contributed by atoms with Gasteiger partial charge in [0.15, 0.2) is 0 Å². The first-order chi connectivity index (χ1) is 14.2. The lowest BCUT2D eigenvalue weighted by atomic mass is 10.0. The maximum atomic E-state index is 13.1. The van der Waals surface area contributed by atoms with Crippen LogP contribution in [0, 0.1) is 0 Å². The highest BCUT2D eigenvalue weighted by atomic mass is 19.4. The Morgan fingerprint density at radius 2 is 1.67 bits per heavy atom. The first-order valence-electron chi connectivity index (χ1n) is 9.46. The van der Waals surface area contributed by atoms with E-state index in [-0.39, 0.29) is 11.7 Å². The van der Waals surface area contributed by atoms with Crippen molar-refractivity contribution in [3.8, 4) is 0 Å². The summed E-state index contributed by atoms with van der Waals surface area (Å²) >= 11 is 0. The van der Waals surface area contributed by atoms with Gasteiger partial charge in [-0.3, -0.25) is 4.79 Å². The van der Waals surface area contributed by atoms with Gasteiger partial charge in [0, 0.05) is 43.6 Å². The number of hydrogen-bond acceptors (Lipinski definition) is 4. The normalized spacial score (nSPS) is 15.6. The lowest BCUT2D eigenvalue weighted by Gasteiger charge is -2.35. The first kappa shape index (κ1) is 21.5. The van der Waals surface area contributed by atoms with E-state index >= 15 is 0 Å². The minimum atomic E-state index is -4.99. The van der Waals surface area contributed by atoms with E-state index < -0.39 is 23.6 Å². The van der Waals surface area contributed by atoms with Crippen LogP contribution >= 0.6 is 0 Å². The van der Waals surface area contributed by atoms with E-state index in [1.807, 2.05) is 35.2 Å². The molecule has 1 aliphatic heterocycles. The van der Waals surface area contributed by atoms with Gasteiger partial charge in [-0.15, -0.1) is 0 Å². The Labute approximate surface area is 171 Å². The zero-order valence-corrected chi connectivity index (χ0v) is 16.3. The average molecular weight is 421 g/mol. The number of benzene rings is 2. The molecular formula is C21H22F3N3O3. The summed E-state index contributed by atoms with van der Waals surface area (Å²) in [6.07, 6.45) is -5.99. The highest BCUT2D eigenvalue weighted by molar-refractivity contribution is 6.05. The van der Waals surface area contributed by atoms with Crippen molar-refractivity contribution in [2.75, 3.05) is 36.4 Å². The van der Waals surface area contributed by atoms with E-state index in [0.29, 0.717) is 31.9 Å². The number of carbonyl (C=O) groups is 2. The first-order valence-corrected chi connectivity index (χ1v) is 9.46. The van der Waals surface area contributed by atoms with Crippen LogP contribution in [0.5, 0.6) is 0 Å². The number of piperazine rings is 1. The van der Waals surface area contributed by atoms with Crippen LogP contribution < -0.4 is 10.2 Å². The Morgan fingerprint density at radius 3 is 2.23 bits per heavy atom. The van der Waals surface area contributed by atoms with Crippen LogP contribution in [-0.4, -0.2) is 54.2 Å². The van der Waals surface area contributed by atoms with Crippen molar-refractivity contribution in [2.45, 2.75) is 19.1 Å². The van der Waals surface area contributed by atoms with Gasteiger partial charge in [-0.1, -0.05) is 30.3 Å². The summed E-state index contributed by atoms with van der Waals surface area (Å²) < 4.78 is 39.3. The van der Waals surface area contributed by atoms with Gasteiger partial charge in [-0.05, 0) is 30.7 Å². The summed E-state index contributed by atoms with van der Waals surface area (Å²) in [5.41, 5.74) is 1.13. The number of anilines is 2. The lowest BCUT2D eigenvalue weighted by molar-refractivity contribution is -0.0884. The zero-order chi connectivity index (χ0) is 21.9. The van der Waals surface area contributed by atoms with Crippen molar-refractivity contribution in [1.29, 1.82) is 0 Å². The van der Waals surface area contributed by atoms with Crippen LogP contribution in [0.25, 0.3) is 0 Å². The second kappa shape index (κ2) is 8.64. The fourth-order valence-electron chi connectivity index (χ4n) is 3.41. The smallest absolute Gasteiger partial charge is 0.454 e. The summed E-state index contributed by atoms with van der Waals surface area (Å²) in [5.74, 6) is -1.91. The third-order valence-corrected chi connectivity index (χ3v) is 5.09. The minimum Gasteiger partial charge on any atom is -0.465 e. The molecule has 1 aliphatic rings. The van der Waals surface area contributed by atoms with Gasteiger partial charge < -0.3 is 20.2 Å². The Morgan fingerprint density at radius 1 is 1.03 bits per heavy atom. The van der Waals surface area contributed by atoms with Gasteiger partial charge in [0.2, 0.25) is 0 Å². The predicted octanol–water partition coefficient (Wildman–Crippen LogP) is 4.40. The number of nitrogens with zero attached hydrogens (tertiary/aromatic N) is 2. The van der Waals surface area contributed by atoms with Crippen LogP contribution in [0.3, 0.4) is 0 Å². The topological polar surface area (TPSA) is 72.9 Å². The third kappa shape index (κ3) is 4.84. The van der Waals surface area contributed by atoms with E-state index in [9.17, 15) is 22.8 Å². The summed E-state index contributed by atoms with van der Waals surface area (Å²) in [6.45, 7) is 3.21. The molecule has 0 saturated carbocycles. The number of carbonyl (C=O) groups excluding carboxylic acids is 1. The Kier molecular flexibility index (Phi) is 6.19. The molecule has 2 aromatic rings. The number of nitrogens with one attached hydrogen (secondary N) is 1. The molecule has 0 aromatic heterocycles. The number of alkyl halides is 3. The second-order valence-electron chi connectivity index (χ2n) is 7.09. The van der Waals surface area contributed by atoms with E-state index in [1.165, 1.54) is 23.1 Å². The van der Waals surface area contributed by atoms with Crippen molar-refractivity contribution < 1.29 is 27.9 Å². The van der Waals surface area contributed by atoms with Crippen molar-refractivity contribution in [3.63, 3.8) is 0 Å². The summed E-state index contributed by atoms with van der Waals surface area (Å²) in [7, 11) is 0. The molecule has 0 radical (unpaired) electrons. The molecule has 3 rings (SSSR count). The van der Waals surface area contributed by atoms with Gasteiger partial charge in [-0.2, -0.15) is 13.2 Å². The van der Waals surface area contributed by atoms with Crippen molar-refractivity contribution in [1.82, 2.24) is 4.90 Å². The van der Waals surface area contributed by atoms with E-state index in [0.717, 1.165) is 5.56 Å². The molecule has 0 spiro atoms. The number of rotatable bonds is 5. The summed E-state index contributed by atoms with van der Waals surface area (Å²) in [5, 5.41) is 12.1. The number of Topliss-reactive ketones (excluding diaryl/α,β-unsaturated/α-hetero) is 1. The highest BCUT2D eigenvalue weighted by Crippen LogP contribution is 2.32. The monoisotopic (exact) mass is 421 g/mol. The molecule has 2 aromatic carbocycles. The number of carboxylic acid groups (broad SMARTS) is 1. The molecule has 9 heteroatoms. The molecular weight excluding hydrogens is 399 g/mol. The standard InChI is InChI=1S/C21H22F3N3O3/c1-14(15-5-3-2-4-6-15)25-18-13-16(7-8-17(18)19(28)21(22,23)24)26-9-11-27(12-10-26)20(29)30/h2-8,13-14,25H,9-12H2,1H3,(H,29,30). The molecule has 30 heavy (non-hydrogen) atoms. The van der Waals surface area contributed by atoms with Crippen LogP contribution in [0.4, 0.5) is 29.3 Å². The average Bonchev–Trinajstić information content (AvgIpc) is 2.73. The van der Waals surface area contributed by atoms with E-state index in [4.69, 9.17) is 5.11 Å². The predicted molar refractivity (Wildman–Crippen MR) is 107 cm³/mol. The molecule has 1 saturated heterocycles. The molecule has 0 aliphatic carbocycles. The Bertz CT molecular complexity index is 911. The van der Waals surface area contributed by atoms with Gasteiger partial charge >= 0.3 is 12.3 Å². The number of hydrogen-bond donors (Lipinski definition) is 2. The maximum Gasteiger partial charge on any atom is 0.454 e. The molecule has 0 bridgehead atoms. The largest absolute Gasteiger partial charge is 0.465 e. The molecule has 1 unspecified atom stereocenters. The minimum absolute atomic E-state index is 0.0897. The molecule has 2 N–H and O–H groups in total. The molecule has 1 fully saturated rings. The fourth-order valence-corrected chi connectivity index (χ4v) is 3.41. The van der Waals surface area contributed by atoms with Crippen molar-refractivity contribution >= 4 is 23.3 Å². The van der Waals surface area contributed by atoms with Crippen LogP contribution in [0.2, 0.25) is 0 Å². The number of halogens is 3. The van der Waals surface area contributed by atoms with Gasteiger partial charge in [0.1, 0.15) is 0 Å². The van der Waals surface area contributed by atoms with Gasteiger partial charge in [0.05, 0.1) is 5.56 Å². The second-order valence-corrected chi connectivity index (χ2v) is 7.09. The maximum absolute atomic E-state index is 13.1. The zero-order valence-electron chi connectivity index (χ0n) is 16.3. The molecule has 6 nitrogen and oxygen atoms in total. The fraction of sp³-hybridized carbons (Fsp3) is 0.333. The molecule has 160 valence electrons. The van der Waals surface area contributed by atoms with Gasteiger partial charge in [0.25, 0.3) is 5.78 Å². The lowest BCUT2D eigenvalue weighted by Crippen LogP contribution is -2.48. The van der Waals surface area contributed by atoms with Crippen LogP contribution in [-0.2, 0) is 0 Å². The Hall–Kier alpha value is -3.23. The number of ketones is 1. The SMILES string of the molecule is CC(Nc1cc(N2CCN(C(=O)O)CC2)ccc1C(=O)C(F)(F)F)c1ccccc1. The van der Waals surface area contributed by atoms with E-state index in [2.05, 4.69) is 5.32 Å². The van der Waals surface area contributed by atoms with Crippen molar-refractivity contribution in [3.05, 3.63) is 59.7 Å². The van der Waals surface area contributed by atoms with Crippen molar-refractivity contribution in [2.24, 2.45) is 0 Å². The number of amides is 1. The molecule has 1 amide bonds. The third-order valence-electron chi connectivity index (χ3n) is 5.09. The molecule has 1 heterocycles.